The molecule has 1 saturated carbocycles. The van der Waals surface area contributed by atoms with Crippen molar-refractivity contribution in [1.29, 1.82) is 0 Å². The number of fused-ring (bicyclic) bond motifs is 1. The molecule has 20 heavy (non-hydrogen) atoms. The van der Waals surface area contributed by atoms with Gasteiger partial charge in [0, 0.05) is 23.1 Å². The zero-order valence-corrected chi connectivity index (χ0v) is 12.7. The van der Waals surface area contributed by atoms with Gasteiger partial charge in [0.05, 0.1) is 0 Å². The molecule has 0 unspecified atom stereocenters. The van der Waals surface area contributed by atoms with Gasteiger partial charge < -0.3 is 9.64 Å². The molecule has 1 amide bonds. The third-order valence-corrected chi connectivity index (χ3v) is 4.71. The van der Waals surface area contributed by atoms with Gasteiger partial charge in [-0.3, -0.25) is 0 Å². The molecule has 5 heteroatoms. The van der Waals surface area contributed by atoms with Crippen LogP contribution in [0, 0.1) is 11.8 Å². The van der Waals surface area contributed by atoms with Gasteiger partial charge in [-0.15, -0.1) is 0 Å². The normalized spacial score (nSPS) is 24.8. The SMILES string of the molecule is O=C(OCc1cc(Cl)cc(Cl)c1)N1C[C@H]2CCC[C@H]2C1. The Balaban J connectivity index is 1.54. The summed E-state index contributed by atoms with van der Waals surface area (Å²) in [6.07, 6.45) is 3.58. The van der Waals surface area contributed by atoms with Crippen molar-refractivity contribution in [2.75, 3.05) is 13.1 Å². The van der Waals surface area contributed by atoms with E-state index in [1.165, 1.54) is 19.3 Å². The highest BCUT2D eigenvalue weighted by Gasteiger charge is 2.38. The predicted molar refractivity (Wildman–Crippen MR) is 79.1 cm³/mol. The van der Waals surface area contributed by atoms with Gasteiger partial charge in [-0.05, 0) is 48.4 Å². The molecule has 3 rings (SSSR count). The topological polar surface area (TPSA) is 29.5 Å². The van der Waals surface area contributed by atoms with Crippen molar-refractivity contribution in [3.05, 3.63) is 33.8 Å². The monoisotopic (exact) mass is 313 g/mol. The number of carbonyl (C=O) groups excluding carboxylic acids is 1. The maximum Gasteiger partial charge on any atom is 0.410 e. The molecule has 1 heterocycles. The van der Waals surface area contributed by atoms with Crippen LogP contribution in [0.25, 0.3) is 0 Å². The molecule has 1 aliphatic carbocycles. The van der Waals surface area contributed by atoms with E-state index in [0.29, 0.717) is 21.9 Å². The number of hydrogen-bond donors (Lipinski definition) is 0. The lowest BCUT2D eigenvalue weighted by Gasteiger charge is -2.17. The molecule has 108 valence electrons. The highest BCUT2D eigenvalue weighted by molar-refractivity contribution is 6.34. The van der Waals surface area contributed by atoms with Crippen molar-refractivity contribution in [3.63, 3.8) is 0 Å². The largest absolute Gasteiger partial charge is 0.445 e. The highest BCUT2D eigenvalue weighted by Crippen LogP contribution is 2.37. The first-order chi connectivity index (χ1) is 9.61. The van der Waals surface area contributed by atoms with Gasteiger partial charge in [0.2, 0.25) is 0 Å². The van der Waals surface area contributed by atoms with Crippen LogP contribution in [0.4, 0.5) is 4.79 Å². The minimum atomic E-state index is -0.226. The average molecular weight is 314 g/mol. The Morgan fingerprint density at radius 2 is 1.75 bits per heavy atom. The molecule has 0 bridgehead atoms. The van der Waals surface area contributed by atoms with Crippen LogP contribution >= 0.6 is 23.2 Å². The lowest BCUT2D eigenvalue weighted by molar-refractivity contribution is 0.102. The van der Waals surface area contributed by atoms with Crippen LogP contribution in [0.1, 0.15) is 24.8 Å². The Hall–Kier alpha value is -0.930. The van der Waals surface area contributed by atoms with E-state index in [0.717, 1.165) is 18.7 Å². The summed E-state index contributed by atoms with van der Waals surface area (Å²) in [5, 5.41) is 1.11. The quantitative estimate of drug-likeness (QED) is 0.811. The molecule has 2 fully saturated rings. The van der Waals surface area contributed by atoms with Crippen molar-refractivity contribution in [3.8, 4) is 0 Å². The minimum Gasteiger partial charge on any atom is -0.445 e. The van der Waals surface area contributed by atoms with Crippen molar-refractivity contribution in [2.24, 2.45) is 11.8 Å². The van der Waals surface area contributed by atoms with Gasteiger partial charge in [0.25, 0.3) is 0 Å². The number of nitrogens with zero attached hydrogens (tertiary/aromatic N) is 1. The zero-order chi connectivity index (χ0) is 14.1. The summed E-state index contributed by atoms with van der Waals surface area (Å²) in [4.78, 5) is 13.9. The van der Waals surface area contributed by atoms with Gasteiger partial charge >= 0.3 is 6.09 Å². The zero-order valence-electron chi connectivity index (χ0n) is 11.1. The maximum atomic E-state index is 12.1. The van der Waals surface area contributed by atoms with E-state index in [1.54, 1.807) is 18.2 Å². The van der Waals surface area contributed by atoms with Crippen LogP contribution < -0.4 is 0 Å². The van der Waals surface area contributed by atoms with E-state index in [4.69, 9.17) is 27.9 Å². The van der Waals surface area contributed by atoms with Gasteiger partial charge in [0.15, 0.2) is 0 Å². The minimum absolute atomic E-state index is 0.213. The molecule has 0 spiro atoms. The lowest BCUT2D eigenvalue weighted by atomic mass is 10.0. The van der Waals surface area contributed by atoms with Crippen molar-refractivity contribution in [1.82, 2.24) is 4.90 Å². The number of halogens is 2. The van der Waals surface area contributed by atoms with Crippen LogP contribution in [0.2, 0.25) is 10.0 Å². The third-order valence-electron chi connectivity index (χ3n) is 4.27. The van der Waals surface area contributed by atoms with E-state index in [2.05, 4.69) is 0 Å². The summed E-state index contributed by atoms with van der Waals surface area (Å²) in [6, 6.07) is 5.19. The number of ether oxygens (including phenoxy) is 1. The molecule has 2 atom stereocenters. The van der Waals surface area contributed by atoms with Crippen LogP contribution in [-0.4, -0.2) is 24.1 Å². The summed E-state index contributed by atoms with van der Waals surface area (Å²) in [5.74, 6) is 1.37. The lowest BCUT2D eigenvalue weighted by Crippen LogP contribution is -2.30. The number of rotatable bonds is 2. The second-order valence-corrected chi connectivity index (χ2v) is 6.56. The molecule has 1 aliphatic heterocycles. The van der Waals surface area contributed by atoms with Crippen molar-refractivity contribution < 1.29 is 9.53 Å². The summed E-state index contributed by atoms with van der Waals surface area (Å²) < 4.78 is 5.36. The molecule has 0 aromatic heterocycles. The first-order valence-electron chi connectivity index (χ1n) is 6.98. The number of benzene rings is 1. The van der Waals surface area contributed by atoms with Gasteiger partial charge in [0.1, 0.15) is 6.61 Å². The number of likely N-dealkylation sites (tertiary alicyclic amines) is 1. The van der Waals surface area contributed by atoms with Crippen LogP contribution in [-0.2, 0) is 11.3 Å². The first-order valence-corrected chi connectivity index (χ1v) is 7.74. The fraction of sp³-hybridized carbons (Fsp3) is 0.533. The smallest absolute Gasteiger partial charge is 0.410 e. The van der Waals surface area contributed by atoms with Crippen LogP contribution in [0.5, 0.6) is 0 Å². The maximum absolute atomic E-state index is 12.1. The Labute approximate surface area is 128 Å². The predicted octanol–water partition coefficient (Wildman–Crippen LogP) is 4.36. The molecule has 3 nitrogen and oxygen atoms in total. The van der Waals surface area contributed by atoms with Crippen LogP contribution in [0.3, 0.4) is 0 Å². The van der Waals surface area contributed by atoms with E-state index >= 15 is 0 Å². The average Bonchev–Trinajstić information content (AvgIpc) is 2.95. The van der Waals surface area contributed by atoms with E-state index in [1.807, 2.05) is 4.90 Å². The third kappa shape index (κ3) is 3.04. The second kappa shape index (κ2) is 5.82. The number of hydrogen-bond acceptors (Lipinski definition) is 2. The van der Waals surface area contributed by atoms with E-state index in [9.17, 15) is 4.79 Å². The summed E-state index contributed by atoms with van der Waals surface area (Å²) in [7, 11) is 0. The van der Waals surface area contributed by atoms with Crippen molar-refractivity contribution >= 4 is 29.3 Å². The molecular formula is C15H17Cl2NO2. The molecule has 0 radical (unpaired) electrons. The molecule has 1 aromatic carbocycles. The van der Waals surface area contributed by atoms with Crippen LogP contribution in [0.15, 0.2) is 18.2 Å². The summed E-state index contributed by atoms with van der Waals surface area (Å²) in [6.45, 7) is 1.91. The Morgan fingerprint density at radius 1 is 1.15 bits per heavy atom. The fourth-order valence-electron chi connectivity index (χ4n) is 3.31. The van der Waals surface area contributed by atoms with Gasteiger partial charge in [-0.25, -0.2) is 4.79 Å². The fourth-order valence-corrected chi connectivity index (χ4v) is 3.89. The molecule has 1 aromatic rings. The number of carbonyl (C=O) groups is 1. The van der Waals surface area contributed by atoms with E-state index in [-0.39, 0.29) is 12.7 Å². The standard InChI is InChI=1S/C15H17Cl2NO2/c16-13-4-10(5-14(17)6-13)9-20-15(19)18-7-11-2-1-3-12(11)8-18/h4-6,11-12H,1-3,7-9H2/t11-,12+. The Morgan fingerprint density at radius 3 is 2.35 bits per heavy atom. The first kappa shape index (κ1) is 14.0. The highest BCUT2D eigenvalue weighted by atomic mass is 35.5. The van der Waals surface area contributed by atoms with Crippen molar-refractivity contribution in [2.45, 2.75) is 25.9 Å². The van der Waals surface area contributed by atoms with Gasteiger partial charge in [-0.1, -0.05) is 29.6 Å². The molecule has 0 N–H and O–H groups in total. The summed E-state index contributed by atoms with van der Waals surface area (Å²) in [5.41, 5.74) is 0.815. The second-order valence-electron chi connectivity index (χ2n) is 5.69. The molecule has 1 saturated heterocycles. The molecule has 2 aliphatic rings. The van der Waals surface area contributed by atoms with Gasteiger partial charge in [-0.2, -0.15) is 0 Å². The Bertz CT molecular complexity index is 488. The van der Waals surface area contributed by atoms with E-state index < -0.39 is 0 Å². The number of amides is 1. The Kier molecular flexibility index (Phi) is 4.08. The summed E-state index contributed by atoms with van der Waals surface area (Å²) >= 11 is 11.8. The molecular weight excluding hydrogens is 297 g/mol.